The molecule has 3 heteroatoms. The Morgan fingerprint density at radius 2 is 2.12 bits per heavy atom. The van der Waals surface area contributed by atoms with Crippen molar-refractivity contribution >= 4 is 11.4 Å². The zero-order chi connectivity index (χ0) is 11.8. The lowest BCUT2D eigenvalue weighted by Crippen LogP contribution is -2.12. The summed E-state index contributed by atoms with van der Waals surface area (Å²) in [6, 6.07) is 5.93. The third kappa shape index (κ3) is 4.11. The van der Waals surface area contributed by atoms with Gasteiger partial charge in [-0.05, 0) is 25.0 Å². The van der Waals surface area contributed by atoms with Crippen LogP contribution in [0.25, 0.3) is 0 Å². The Bertz CT molecular complexity index is 293. The number of ether oxygens (including phenoxy) is 1. The zero-order valence-electron chi connectivity index (χ0n) is 10.3. The largest absolute Gasteiger partial charge is 0.397 e. The minimum Gasteiger partial charge on any atom is -0.397 e. The van der Waals surface area contributed by atoms with Crippen molar-refractivity contribution in [3.8, 4) is 0 Å². The second-order valence-electron chi connectivity index (χ2n) is 3.93. The molecule has 0 aromatic heterocycles. The SMILES string of the molecule is CCCCOCCNc1c(C)cccc1N. The molecular weight excluding hydrogens is 200 g/mol. The molecule has 1 aromatic carbocycles. The van der Waals surface area contributed by atoms with Gasteiger partial charge in [0.2, 0.25) is 0 Å². The van der Waals surface area contributed by atoms with Gasteiger partial charge in [-0.3, -0.25) is 0 Å². The Balaban J connectivity index is 2.26. The van der Waals surface area contributed by atoms with Crippen LogP contribution in [0.4, 0.5) is 11.4 Å². The number of nitrogens with one attached hydrogen (secondary N) is 1. The van der Waals surface area contributed by atoms with Crippen molar-refractivity contribution < 1.29 is 4.74 Å². The maximum absolute atomic E-state index is 5.88. The van der Waals surface area contributed by atoms with Gasteiger partial charge in [0.1, 0.15) is 0 Å². The van der Waals surface area contributed by atoms with Crippen LogP contribution in [0.1, 0.15) is 25.3 Å². The summed E-state index contributed by atoms with van der Waals surface area (Å²) in [6.07, 6.45) is 2.31. The van der Waals surface area contributed by atoms with Gasteiger partial charge >= 0.3 is 0 Å². The molecule has 0 fully saturated rings. The highest BCUT2D eigenvalue weighted by Crippen LogP contribution is 2.21. The van der Waals surface area contributed by atoms with E-state index in [1.54, 1.807) is 0 Å². The first-order chi connectivity index (χ1) is 7.75. The molecule has 0 aliphatic heterocycles. The monoisotopic (exact) mass is 222 g/mol. The van der Waals surface area contributed by atoms with E-state index < -0.39 is 0 Å². The normalized spacial score (nSPS) is 10.4. The van der Waals surface area contributed by atoms with Gasteiger partial charge in [0.05, 0.1) is 18.0 Å². The predicted molar refractivity (Wildman–Crippen MR) is 69.8 cm³/mol. The predicted octanol–water partition coefficient (Wildman–Crippen LogP) is 2.81. The number of unbranched alkanes of at least 4 members (excludes halogenated alkanes) is 1. The quantitative estimate of drug-likeness (QED) is 0.551. The molecule has 0 amide bonds. The molecule has 3 N–H and O–H groups in total. The van der Waals surface area contributed by atoms with E-state index in [1.165, 1.54) is 12.0 Å². The van der Waals surface area contributed by atoms with E-state index in [0.29, 0.717) is 0 Å². The molecule has 0 atom stereocenters. The molecule has 0 aliphatic carbocycles. The Morgan fingerprint density at radius 3 is 2.81 bits per heavy atom. The third-order valence-corrected chi connectivity index (χ3v) is 2.50. The van der Waals surface area contributed by atoms with Gasteiger partial charge in [-0.25, -0.2) is 0 Å². The second-order valence-corrected chi connectivity index (χ2v) is 3.93. The fourth-order valence-corrected chi connectivity index (χ4v) is 1.53. The lowest BCUT2D eigenvalue weighted by Gasteiger charge is -2.12. The van der Waals surface area contributed by atoms with E-state index in [0.717, 1.165) is 37.6 Å². The summed E-state index contributed by atoms with van der Waals surface area (Å²) in [6.45, 7) is 6.60. The summed E-state index contributed by atoms with van der Waals surface area (Å²) in [7, 11) is 0. The molecule has 0 saturated carbocycles. The molecule has 0 spiro atoms. The maximum atomic E-state index is 5.88. The van der Waals surface area contributed by atoms with Gasteiger partial charge in [0.25, 0.3) is 0 Å². The first kappa shape index (κ1) is 12.8. The summed E-state index contributed by atoms with van der Waals surface area (Å²) in [4.78, 5) is 0. The van der Waals surface area contributed by atoms with Crippen molar-refractivity contribution in [3.05, 3.63) is 23.8 Å². The molecule has 3 nitrogen and oxygen atoms in total. The summed E-state index contributed by atoms with van der Waals surface area (Å²) < 4.78 is 5.47. The van der Waals surface area contributed by atoms with E-state index in [1.807, 2.05) is 12.1 Å². The highest BCUT2D eigenvalue weighted by Gasteiger charge is 2.00. The Hall–Kier alpha value is -1.22. The van der Waals surface area contributed by atoms with Crippen molar-refractivity contribution in [2.24, 2.45) is 0 Å². The molecule has 0 radical (unpaired) electrons. The van der Waals surface area contributed by atoms with Crippen molar-refractivity contribution in [2.45, 2.75) is 26.7 Å². The minimum absolute atomic E-state index is 0.730. The van der Waals surface area contributed by atoms with Gasteiger partial charge in [0.15, 0.2) is 0 Å². The minimum atomic E-state index is 0.730. The number of hydrogen-bond acceptors (Lipinski definition) is 3. The number of nitrogen functional groups attached to an aromatic ring is 1. The average molecular weight is 222 g/mol. The zero-order valence-corrected chi connectivity index (χ0v) is 10.3. The molecule has 90 valence electrons. The highest BCUT2D eigenvalue weighted by atomic mass is 16.5. The molecule has 0 aliphatic rings. The van der Waals surface area contributed by atoms with Crippen LogP contribution in [0.5, 0.6) is 0 Å². The molecule has 1 rings (SSSR count). The van der Waals surface area contributed by atoms with Gasteiger partial charge in [-0.2, -0.15) is 0 Å². The lowest BCUT2D eigenvalue weighted by molar-refractivity contribution is 0.141. The molecule has 0 unspecified atom stereocenters. The van der Waals surface area contributed by atoms with E-state index in [4.69, 9.17) is 10.5 Å². The Kier molecular flexibility index (Phi) is 5.72. The van der Waals surface area contributed by atoms with Crippen molar-refractivity contribution in [1.82, 2.24) is 0 Å². The van der Waals surface area contributed by atoms with Gasteiger partial charge in [-0.15, -0.1) is 0 Å². The van der Waals surface area contributed by atoms with Crippen LogP contribution in [-0.4, -0.2) is 19.8 Å². The number of aryl methyl sites for hydroxylation is 1. The number of benzene rings is 1. The summed E-state index contributed by atoms with van der Waals surface area (Å²) in [5, 5.41) is 3.31. The molecule has 0 heterocycles. The van der Waals surface area contributed by atoms with Crippen LogP contribution >= 0.6 is 0 Å². The fourth-order valence-electron chi connectivity index (χ4n) is 1.53. The van der Waals surface area contributed by atoms with Crippen molar-refractivity contribution in [1.29, 1.82) is 0 Å². The lowest BCUT2D eigenvalue weighted by atomic mass is 10.1. The molecule has 1 aromatic rings. The van der Waals surface area contributed by atoms with E-state index in [-0.39, 0.29) is 0 Å². The van der Waals surface area contributed by atoms with E-state index >= 15 is 0 Å². The van der Waals surface area contributed by atoms with Gasteiger partial charge in [0, 0.05) is 13.2 Å². The number of rotatable bonds is 7. The molecule has 0 saturated heterocycles. The van der Waals surface area contributed by atoms with E-state index in [9.17, 15) is 0 Å². The van der Waals surface area contributed by atoms with Crippen molar-refractivity contribution in [2.75, 3.05) is 30.8 Å². The van der Waals surface area contributed by atoms with Crippen LogP contribution < -0.4 is 11.1 Å². The van der Waals surface area contributed by atoms with Crippen LogP contribution in [0.15, 0.2) is 18.2 Å². The van der Waals surface area contributed by atoms with Gasteiger partial charge < -0.3 is 15.8 Å². The fraction of sp³-hybridized carbons (Fsp3) is 0.538. The number of para-hydroxylation sites is 1. The van der Waals surface area contributed by atoms with Crippen LogP contribution in [-0.2, 0) is 4.74 Å². The second kappa shape index (κ2) is 7.12. The Labute approximate surface area is 98.0 Å². The average Bonchev–Trinajstić information content (AvgIpc) is 2.26. The summed E-state index contributed by atoms with van der Waals surface area (Å²) in [5.41, 5.74) is 8.88. The first-order valence-corrected chi connectivity index (χ1v) is 5.92. The van der Waals surface area contributed by atoms with Crippen LogP contribution in [0.3, 0.4) is 0 Å². The van der Waals surface area contributed by atoms with Crippen molar-refractivity contribution in [3.63, 3.8) is 0 Å². The standard InChI is InChI=1S/C13H22N2O/c1-3-4-9-16-10-8-15-13-11(2)6-5-7-12(13)14/h5-7,15H,3-4,8-10,14H2,1-2H3. The maximum Gasteiger partial charge on any atom is 0.0639 e. The first-order valence-electron chi connectivity index (χ1n) is 5.92. The highest BCUT2D eigenvalue weighted by molar-refractivity contribution is 5.69. The molecule has 0 bridgehead atoms. The van der Waals surface area contributed by atoms with Crippen LogP contribution in [0.2, 0.25) is 0 Å². The Morgan fingerprint density at radius 1 is 1.31 bits per heavy atom. The van der Waals surface area contributed by atoms with Crippen LogP contribution in [0, 0.1) is 6.92 Å². The number of anilines is 2. The smallest absolute Gasteiger partial charge is 0.0639 e. The molecular formula is C13H22N2O. The topological polar surface area (TPSA) is 47.3 Å². The summed E-state index contributed by atoms with van der Waals surface area (Å²) in [5.74, 6) is 0. The number of hydrogen-bond donors (Lipinski definition) is 2. The van der Waals surface area contributed by atoms with E-state index in [2.05, 4.69) is 25.2 Å². The molecule has 16 heavy (non-hydrogen) atoms. The summed E-state index contributed by atoms with van der Waals surface area (Å²) >= 11 is 0. The third-order valence-electron chi connectivity index (χ3n) is 2.50. The number of nitrogens with two attached hydrogens (primary N) is 1. The van der Waals surface area contributed by atoms with Gasteiger partial charge in [-0.1, -0.05) is 25.5 Å².